The van der Waals surface area contributed by atoms with Gasteiger partial charge in [0.1, 0.15) is 0 Å². The Morgan fingerprint density at radius 1 is 1.28 bits per heavy atom. The number of nitrogens with one attached hydrogen (secondary N) is 1. The first-order valence-electron chi connectivity index (χ1n) is 7.41. The molecule has 0 aliphatic heterocycles. The van der Waals surface area contributed by atoms with Crippen LogP contribution in [0.3, 0.4) is 0 Å². The van der Waals surface area contributed by atoms with Gasteiger partial charge in [0.05, 0.1) is 0 Å². The van der Waals surface area contributed by atoms with Gasteiger partial charge in [-0.3, -0.25) is 4.79 Å². The number of nitrogens with two attached hydrogens (primary N) is 1. The molecule has 0 saturated heterocycles. The number of hydrogen-bond acceptors (Lipinski definition) is 3. The molecule has 0 spiro atoms. The van der Waals surface area contributed by atoms with Crippen LogP contribution in [-0.4, -0.2) is 43.5 Å². The van der Waals surface area contributed by atoms with Crippen molar-refractivity contribution in [3.05, 3.63) is 0 Å². The Labute approximate surface area is 111 Å². The highest BCUT2D eigenvalue weighted by Gasteiger charge is 2.17. The smallest absolute Gasteiger partial charge is 0.220 e. The summed E-state index contributed by atoms with van der Waals surface area (Å²) >= 11 is 0. The Morgan fingerprint density at radius 2 is 2.00 bits per heavy atom. The summed E-state index contributed by atoms with van der Waals surface area (Å²) in [7, 11) is 2.21. The summed E-state index contributed by atoms with van der Waals surface area (Å²) in [6.45, 7) is 2.47. The molecule has 0 heterocycles. The zero-order valence-electron chi connectivity index (χ0n) is 11.8. The van der Waals surface area contributed by atoms with Crippen molar-refractivity contribution in [2.45, 2.75) is 57.4 Å². The molecule has 1 saturated carbocycles. The van der Waals surface area contributed by atoms with Gasteiger partial charge >= 0.3 is 0 Å². The van der Waals surface area contributed by atoms with Gasteiger partial charge in [0.25, 0.3) is 0 Å². The van der Waals surface area contributed by atoms with Crippen molar-refractivity contribution in [1.82, 2.24) is 10.2 Å². The number of carbonyl (C=O) groups is 1. The first-order valence-corrected chi connectivity index (χ1v) is 7.41. The Balaban J connectivity index is 2.01. The van der Waals surface area contributed by atoms with Crippen LogP contribution in [0.2, 0.25) is 0 Å². The van der Waals surface area contributed by atoms with Crippen LogP contribution in [0.15, 0.2) is 0 Å². The van der Waals surface area contributed by atoms with Gasteiger partial charge in [0.15, 0.2) is 0 Å². The van der Waals surface area contributed by atoms with Crippen LogP contribution in [-0.2, 0) is 4.79 Å². The molecule has 0 unspecified atom stereocenters. The van der Waals surface area contributed by atoms with Crippen molar-refractivity contribution in [2.75, 3.05) is 26.7 Å². The van der Waals surface area contributed by atoms with Crippen molar-refractivity contribution >= 4 is 5.91 Å². The summed E-state index contributed by atoms with van der Waals surface area (Å²) in [5, 5.41) is 2.95. The highest BCUT2D eigenvalue weighted by Crippen LogP contribution is 2.21. The third kappa shape index (κ3) is 6.36. The number of carbonyl (C=O) groups excluding carboxylic acids is 1. The fraction of sp³-hybridized carbons (Fsp3) is 0.929. The van der Waals surface area contributed by atoms with Gasteiger partial charge in [-0.15, -0.1) is 0 Å². The molecule has 1 fully saturated rings. The number of hydrogen-bond donors (Lipinski definition) is 2. The first-order chi connectivity index (χ1) is 8.74. The average molecular weight is 255 g/mol. The highest BCUT2D eigenvalue weighted by molar-refractivity contribution is 5.75. The van der Waals surface area contributed by atoms with E-state index in [9.17, 15) is 4.79 Å². The van der Waals surface area contributed by atoms with E-state index >= 15 is 0 Å². The second-order valence-corrected chi connectivity index (χ2v) is 5.37. The van der Waals surface area contributed by atoms with E-state index in [2.05, 4.69) is 17.3 Å². The zero-order valence-corrected chi connectivity index (χ0v) is 11.8. The molecule has 18 heavy (non-hydrogen) atoms. The minimum Gasteiger partial charge on any atom is -0.356 e. The van der Waals surface area contributed by atoms with Crippen LogP contribution in [0.4, 0.5) is 0 Å². The van der Waals surface area contributed by atoms with Gasteiger partial charge in [-0.25, -0.2) is 0 Å². The van der Waals surface area contributed by atoms with Crippen molar-refractivity contribution in [3.8, 4) is 0 Å². The number of nitrogens with zero attached hydrogens (tertiary/aromatic N) is 1. The van der Waals surface area contributed by atoms with E-state index in [-0.39, 0.29) is 5.91 Å². The molecule has 1 aliphatic carbocycles. The van der Waals surface area contributed by atoms with Crippen LogP contribution in [0.1, 0.15) is 51.4 Å². The lowest BCUT2D eigenvalue weighted by Gasteiger charge is -2.31. The summed E-state index contributed by atoms with van der Waals surface area (Å²) in [5.41, 5.74) is 5.37. The second-order valence-electron chi connectivity index (χ2n) is 5.37. The van der Waals surface area contributed by atoms with Crippen LogP contribution < -0.4 is 11.1 Å². The Kier molecular flexibility index (Phi) is 8.01. The van der Waals surface area contributed by atoms with E-state index in [1.54, 1.807) is 0 Å². The standard InChI is InChI=1S/C14H29N3O/c1-17(13-7-3-2-4-8-13)12-6-11-16-14(18)9-5-10-15/h13H,2-12,15H2,1H3,(H,16,18). The molecule has 4 heteroatoms. The van der Waals surface area contributed by atoms with Crippen LogP contribution in [0.25, 0.3) is 0 Å². The SMILES string of the molecule is CN(CCCNC(=O)CCCN)C1CCCCC1. The third-order valence-corrected chi connectivity index (χ3v) is 3.82. The molecule has 1 aliphatic rings. The van der Waals surface area contributed by atoms with Gasteiger partial charge in [-0.2, -0.15) is 0 Å². The fourth-order valence-electron chi connectivity index (χ4n) is 2.61. The maximum Gasteiger partial charge on any atom is 0.220 e. The van der Waals surface area contributed by atoms with Gasteiger partial charge in [0.2, 0.25) is 5.91 Å². The fourth-order valence-corrected chi connectivity index (χ4v) is 2.61. The molecular formula is C14H29N3O. The zero-order chi connectivity index (χ0) is 13.2. The lowest BCUT2D eigenvalue weighted by molar-refractivity contribution is -0.121. The minimum atomic E-state index is 0.140. The molecule has 0 aromatic rings. The van der Waals surface area contributed by atoms with Gasteiger partial charge in [-0.05, 0) is 45.8 Å². The first kappa shape index (κ1) is 15.4. The van der Waals surface area contributed by atoms with Gasteiger partial charge in [-0.1, -0.05) is 19.3 Å². The van der Waals surface area contributed by atoms with Crippen LogP contribution in [0, 0.1) is 0 Å². The van der Waals surface area contributed by atoms with E-state index in [1.807, 2.05) is 0 Å². The van der Waals surface area contributed by atoms with Crippen LogP contribution in [0.5, 0.6) is 0 Å². The third-order valence-electron chi connectivity index (χ3n) is 3.82. The maximum absolute atomic E-state index is 11.4. The Hall–Kier alpha value is -0.610. The van der Waals surface area contributed by atoms with Gasteiger partial charge < -0.3 is 16.0 Å². The van der Waals surface area contributed by atoms with E-state index in [0.717, 1.165) is 32.0 Å². The normalized spacial score (nSPS) is 17.1. The lowest BCUT2D eigenvalue weighted by atomic mass is 9.94. The van der Waals surface area contributed by atoms with Crippen molar-refractivity contribution < 1.29 is 4.79 Å². The molecular weight excluding hydrogens is 226 g/mol. The molecule has 4 nitrogen and oxygen atoms in total. The maximum atomic E-state index is 11.4. The predicted molar refractivity (Wildman–Crippen MR) is 75.4 cm³/mol. The van der Waals surface area contributed by atoms with E-state index in [0.29, 0.717) is 13.0 Å². The Bertz CT molecular complexity index is 227. The number of rotatable bonds is 8. The molecule has 0 aromatic heterocycles. The number of amides is 1. The lowest BCUT2D eigenvalue weighted by Crippen LogP contribution is -2.35. The van der Waals surface area contributed by atoms with Crippen molar-refractivity contribution in [1.29, 1.82) is 0 Å². The predicted octanol–water partition coefficient (Wildman–Crippen LogP) is 1.50. The molecule has 0 aromatic carbocycles. The topological polar surface area (TPSA) is 58.4 Å². The summed E-state index contributed by atoms with van der Waals surface area (Å²) in [6.07, 6.45) is 9.25. The van der Waals surface area contributed by atoms with Gasteiger partial charge in [0, 0.05) is 19.0 Å². The molecule has 0 atom stereocenters. The summed E-state index contributed by atoms with van der Waals surface area (Å²) in [5.74, 6) is 0.140. The highest BCUT2D eigenvalue weighted by atomic mass is 16.1. The molecule has 106 valence electrons. The van der Waals surface area contributed by atoms with Crippen LogP contribution >= 0.6 is 0 Å². The van der Waals surface area contributed by atoms with E-state index < -0.39 is 0 Å². The van der Waals surface area contributed by atoms with Crippen molar-refractivity contribution in [2.24, 2.45) is 5.73 Å². The van der Waals surface area contributed by atoms with E-state index in [4.69, 9.17) is 5.73 Å². The van der Waals surface area contributed by atoms with Crippen molar-refractivity contribution in [3.63, 3.8) is 0 Å². The largest absolute Gasteiger partial charge is 0.356 e. The molecule has 0 radical (unpaired) electrons. The van der Waals surface area contributed by atoms with E-state index in [1.165, 1.54) is 32.1 Å². The minimum absolute atomic E-state index is 0.140. The molecule has 0 bridgehead atoms. The monoisotopic (exact) mass is 255 g/mol. The summed E-state index contributed by atoms with van der Waals surface area (Å²) in [6, 6.07) is 0.770. The molecule has 3 N–H and O–H groups in total. The summed E-state index contributed by atoms with van der Waals surface area (Å²) in [4.78, 5) is 13.8. The second kappa shape index (κ2) is 9.34. The average Bonchev–Trinajstić information content (AvgIpc) is 2.42. The molecule has 1 rings (SSSR count). The molecule has 1 amide bonds. The summed E-state index contributed by atoms with van der Waals surface area (Å²) < 4.78 is 0. The Morgan fingerprint density at radius 3 is 2.67 bits per heavy atom. The quantitative estimate of drug-likeness (QED) is 0.646.